The molecule has 6 heteroatoms. The Kier molecular flexibility index (Phi) is 11.7. The van der Waals surface area contributed by atoms with Gasteiger partial charge in [-0.1, -0.05) is 37.3 Å². The number of hydrogen-bond acceptors (Lipinski definition) is 2. The zero-order valence-corrected chi connectivity index (χ0v) is 15.0. The Balaban J connectivity index is 0.00000400. The van der Waals surface area contributed by atoms with Crippen LogP contribution in [0.1, 0.15) is 25.3 Å². The summed E-state index contributed by atoms with van der Waals surface area (Å²) >= 11 is 0. The van der Waals surface area contributed by atoms with Gasteiger partial charge in [0.15, 0.2) is 5.96 Å². The van der Waals surface area contributed by atoms with Gasteiger partial charge >= 0.3 is 0 Å². The van der Waals surface area contributed by atoms with E-state index >= 15 is 0 Å². The van der Waals surface area contributed by atoms with Crippen molar-refractivity contribution in [3.63, 3.8) is 0 Å². The fourth-order valence-electron chi connectivity index (χ4n) is 1.64. The molecule has 0 unspecified atom stereocenters. The zero-order chi connectivity index (χ0) is 14.6. The van der Waals surface area contributed by atoms with Crippen LogP contribution in [0.4, 0.5) is 0 Å². The van der Waals surface area contributed by atoms with Crippen LogP contribution in [-0.2, 0) is 11.3 Å². The van der Waals surface area contributed by atoms with Gasteiger partial charge in [0.05, 0.1) is 0 Å². The Morgan fingerprint density at radius 3 is 2.38 bits per heavy atom. The summed E-state index contributed by atoms with van der Waals surface area (Å²) in [6.45, 7) is 4.11. The van der Waals surface area contributed by atoms with E-state index < -0.39 is 0 Å². The first-order chi connectivity index (χ1) is 9.76. The highest BCUT2D eigenvalue weighted by Crippen LogP contribution is 1.97. The molecule has 1 aromatic carbocycles. The van der Waals surface area contributed by atoms with E-state index in [1.165, 1.54) is 0 Å². The second-order valence-electron chi connectivity index (χ2n) is 4.44. The molecule has 0 saturated heterocycles. The minimum atomic E-state index is 0. The summed E-state index contributed by atoms with van der Waals surface area (Å²) in [7, 11) is 1.72. The smallest absolute Gasteiger partial charge is 0.222 e. The number of benzene rings is 1. The molecular formula is C15H25IN4O. The van der Waals surface area contributed by atoms with Crippen LogP contribution >= 0.6 is 24.0 Å². The van der Waals surface area contributed by atoms with Gasteiger partial charge in [-0.15, -0.1) is 24.0 Å². The highest BCUT2D eigenvalue weighted by atomic mass is 127. The molecule has 0 aliphatic heterocycles. The van der Waals surface area contributed by atoms with Crippen molar-refractivity contribution in [2.45, 2.75) is 26.3 Å². The van der Waals surface area contributed by atoms with Crippen LogP contribution in [0.5, 0.6) is 0 Å². The Morgan fingerprint density at radius 2 is 1.76 bits per heavy atom. The second kappa shape index (κ2) is 12.4. The van der Waals surface area contributed by atoms with Crippen LogP contribution < -0.4 is 16.0 Å². The molecule has 0 aliphatic rings. The SMILES string of the molecule is CCCNC(=NC)NCCC(=O)NCc1ccccc1.I. The third kappa shape index (κ3) is 9.28. The summed E-state index contributed by atoms with van der Waals surface area (Å²) in [5.41, 5.74) is 1.11. The molecule has 0 spiro atoms. The van der Waals surface area contributed by atoms with Crippen LogP contribution in [0.3, 0.4) is 0 Å². The van der Waals surface area contributed by atoms with E-state index in [1.54, 1.807) is 7.05 Å². The molecule has 3 N–H and O–H groups in total. The molecule has 0 bridgehead atoms. The van der Waals surface area contributed by atoms with Gasteiger partial charge in [-0.05, 0) is 12.0 Å². The molecule has 0 aromatic heterocycles. The number of hydrogen-bond donors (Lipinski definition) is 3. The summed E-state index contributed by atoms with van der Waals surface area (Å²) < 4.78 is 0. The Bertz CT molecular complexity index is 423. The fourth-order valence-corrected chi connectivity index (χ4v) is 1.64. The lowest BCUT2D eigenvalue weighted by Gasteiger charge is -2.11. The normalized spacial score (nSPS) is 10.5. The van der Waals surface area contributed by atoms with Crippen molar-refractivity contribution >= 4 is 35.8 Å². The molecule has 1 amide bonds. The largest absolute Gasteiger partial charge is 0.356 e. The standard InChI is InChI=1S/C15H24N4O.HI/c1-3-10-17-15(16-2)18-11-9-14(20)19-12-13-7-5-4-6-8-13;/h4-8H,3,9-12H2,1-2H3,(H,19,20)(H2,16,17,18);1H. The fraction of sp³-hybridized carbons (Fsp3) is 0.467. The van der Waals surface area contributed by atoms with Gasteiger partial charge in [0.2, 0.25) is 5.91 Å². The number of nitrogens with zero attached hydrogens (tertiary/aromatic N) is 1. The average molecular weight is 404 g/mol. The summed E-state index contributed by atoms with van der Waals surface area (Å²) in [6, 6.07) is 9.88. The minimum Gasteiger partial charge on any atom is -0.356 e. The van der Waals surface area contributed by atoms with Crippen LogP contribution in [0.25, 0.3) is 0 Å². The number of nitrogens with one attached hydrogen (secondary N) is 3. The van der Waals surface area contributed by atoms with Crippen molar-refractivity contribution in [2.75, 3.05) is 20.1 Å². The molecule has 0 radical (unpaired) electrons. The first kappa shape index (κ1) is 19.7. The Morgan fingerprint density at radius 1 is 1.10 bits per heavy atom. The van der Waals surface area contributed by atoms with E-state index in [9.17, 15) is 4.79 Å². The first-order valence-corrected chi connectivity index (χ1v) is 7.01. The minimum absolute atomic E-state index is 0. The second-order valence-corrected chi connectivity index (χ2v) is 4.44. The lowest BCUT2D eigenvalue weighted by atomic mass is 10.2. The van der Waals surface area contributed by atoms with Gasteiger partial charge < -0.3 is 16.0 Å². The van der Waals surface area contributed by atoms with Gasteiger partial charge in [0.25, 0.3) is 0 Å². The Hall–Kier alpha value is -1.31. The van der Waals surface area contributed by atoms with Crippen LogP contribution in [0.15, 0.2) is 35.3 Å². The molecule has 1 aromatic rings. The summed E-state index contributed by atoms with van der Waals surface area (Å²) in [5.74, 6) is 0.773. The van der Waals surface area contributed by atoms with Crippen molar-refractivity contribution in [3.05, 3.63) is 35.9 Å². The summed E-state index contributed by atoms with van der Waals surface area (Å²) in [4.78, 5) is 15.8. The van der Waals surface area contributed by atoms with E-state index in [1.807, 2.05) is 30.3 Å². The van der Waals surface area contributed by atoms with Crippen molar-refractivity contribution < 1.29 is 4.79 Å². The molecule has 0 aliphatic carbocycles. The van der Waals surface area contributed by atoms with Crippen LogP contribution in [0.2, 0.25) is 0 Å². The maximum atomic E-state index is 11.7. The van der Waals surface area contributed by atoms with Gasteiger partial charge in [0.1, 0.15) is 0 Å². The predicted octanol–water partition coefficient (Wildman–Crippen LogP) is 1.89. The first-order valence-electron chi connectivity index (χ1n) is 7.01. The lowest BCUT2D eigenvalue weighted by molar-refractivity contribution is -0.121. The third-order valence-electron chi connectivity index (χ3n) is 2.74. The number of aliphatic imine (C=N–C) groups is 1. The number of guanidine groups is 1. The molecule has 118 valence electrons. The number of halogens is 1. The maximum absolute atomic E-state index is 11.7. The van der Waals surface area contributed by atoms with Crippen molar-refractivity contribution in [1.82, 2.24) is 16.0 Å². The highest BCUT2D eigenvalue weighted by molar-refractivity contribution is 14.0. The summed E-state index contributed by atoms with van der Waals surface area (Å²) in [6.07, 6.45) is 1.47. The van der Waals surface area contributed by atoms with Gasteiger partial charge in [-0.2, -0.15) is 0 Å². The topological polar surface area (TPSA) is 65.5 Å². The molecule has 21 heavy (non-hydrogen) atoms. The molecule has 5 nitrogen and oxygen atoms in total. The number of amides is 1. The number of carbonyl (C=O) groups is 1. The molecule has 0 atom stereocenters. The number of carbonyl (C=O) groups excluding carboxylic acids is 1. The van der Waals surface area contributed by atoms with Crippen molar-refractivity contribution in [2.24, 2.45) is 4.99 Å². The quantitative estimate of drug-likeness (QED) is 0.370. The van der Waals surface area contributed by atoms with E-state index in [0.717, 1.165) is 24.5 Å². The molecule has 0 heterocycles. The lowest BCUT2D eigenvalue weighted by Crippen LogP contribution is -2.39. The number of rotatable bonds is 7. The van der Waals surface area contributed by atoms with Gasteiger partial charge in [0, 0.05) is 33.1 Å². The van der Waals surface area contributed by atoms with Crippen molar-refractivity contribution in [3.8, 4) is 0 Å². The monoisotopic (exact) mass is 404 g/mol. The highest BCUT2D eigenvalue weighted by Gasteiger charge is 2.02. The van der Waals surface area contributed by atoms with E-state index in [2.05, 4.69) is 27.9 Å². The zero-order valence-electron chi connectivity index (χ0n) is 12.7. The molecular weight excluding hydrogens is 379 g/mol. The van der Waals surface area contributed by atoms with E-state index in [-0.39, 0.29) is 29.9 Å². The average Bonchev–Trinajstić information content (AvgIpc) is 2.49. The summed E-state index contributed by atoms with van der Waals surface area (Å²) in [5, 5.41) is 9.16. The maximum Gasteiger partial charge on any atom is 0.222 e. The van der Waals surface area contributed by atoms with Gasteiger partial charge in [-0.3, -0.25) is 9.79 Å². The van der Waals surface area contributed by atoms with Gasteiger partial charge in [-0.25, -0.2) is 0 Å². The van der Waals surface area contributed by atoms with Crippen LogP contribution in [-0.4, -0.2) is 32.0 Å². The molecule has 1 rings (SSSR count). The van der Waals surface area contributed by atoms with Crippen LogP contribution in [0, 0.1) is 0 Å². The van der Waals surface area contributed by atoms with Crippen molar-refractivity contribution in [1.29, 1.82) is 0 Å². The van der Waals surface area contributed by atoms with E-state index in [4.69, 9.17) is 0 Å². The van der Waals surface area contributed by atoms with E-state index in [0.29, 0.717) is 19.5 Å². The third-order valence-corrected chi connectivity index (χ3v) is 2.74. The predicted molar refractivity (Wildman–Crippen MR) is 98.0 cm³/mol. The molecule has 0 saturated carbocycles. The Labute approximate surface area is 144 Å². The molecule has 0 fully saturated rings.